The Morgan fingerprint density at radius 1 is 1.08 bits per heavy atom. The van der Waals surface area contributed by atoms with Crippen LogP contribution in [0.3, 0.4) is 0 Å². The molecule has 0 saturated carbocycles. The molecular weight excluding hydrogens is 350 g/mol. The number of hydrogen-bond acceptors (Lipinski definition) is 10. The number of nitrogens with zero attached hydrogens (tertiary/aromatic N) is 1. The first-order chi connectivity index (χ1) is 11.0. The average molecular weight is 365 g/mol. The van der Waals surface area contributed by atoms with Gasteiger partial charge in [0.05, 0.1) is 16.4 Å². The molecular formula is C12H15NO10S. The van der Waals surface area contributed by atoms with Crippen LogP contribution in [0.1, 0.15) is 0 Å². The smallest absolute Gasteiger partial charge is 0.282 e. The van der Waals surface area contributed by atoms with E-state index in [9.17, 15) is 38.6 Å². The Bertz CT molecular complexity index is 701. The number of benzene rings is 1. The van der Waals surface area contributed by atoms with Gasteiger partial charge < -0.3 is 25.5 Å². The van der Waals surface area contributed by atoms with Crippen molar-refractivity contribution in [3.8, 4) is 0 Å². The molecule has 5 N–H and O–H groups in total. The molecule has 0 unspecified atom stereocenters. The summed E-state index contributed by atoms with van der Waals surface area (Å²) in [5.41, 5.74) is -0.427. The predicted molar refractivity (Wildman–Crippen MR) is 76.4 cm³/mol. The standard InChI is InChI=1S/C12H15NO10S/c14-5-8(15)9(16)10(17)11(18)12(19)24(22,23)7-3-1-6(2-4-7)13(20)21/h1-4,8-11,14-18H,5H2/t8-,9-,10+,11-/m1/s1. The van der Waals surface area contributed by atoms with Crippen LogP contribution < -0.4 is 0 Å². The van der Waals surface area contributed by atoms with Gasteiger partial charge >= 0.3 is 0 Å². The maximum absolute atomic E-state index is 12.0. The highest BCUT2D eigenvalue weighted by molar-refractivity contribution is 8.06. The van der Waals surface area contributed by atoms with Gasteiger partial charge in [0.1, 0.15) is 18.3 Å². The highest BCUT2D eigenvalue weighted by Gasteiger charge is 2.40. The molecule has 0 bridgehead atoms. The third-order valence-electron chi connectivity index (χ3n) is 3.12. The molecule has 0 aliphatic rings. The molecule has 134 valence electrons. The zero-order valence-electron chi connectivity index (χ0n) is 12.0. The van der Waals surface area contributed by atoms with Gasteiger partial charge in [-0.25, -0.2) is 8.42 Å². The van der Waals surface area contributed by atoms with Crippen molar-refractivity contribution < 1.29 is 43.7 Å². The summed E-state index contributed by atoms with van der Waals surface area (Å²) in [5, 5.41) is 54.9. The van der Waals surface area contributed by atoms with Crippen molar-refractivity contribution in [3.63, 3.8) is 0 Å². The minimum absolute atomic E-state index is 0.427. The van der Waals surface area contributed by atoms with Gasteiger partial charge in [-0.1, -0.05) is 0 Å². The van der Waals surface area contributed by atoms with Crippen LogP contribution in [0.25, 0.3) is 0 Å². The first-order valence-electron chi connectivity index (χ1n) is 6.40. The Kier molecular flexibility index (Phi) is 6.48. The lowest BCUT2D eigenvalue weighted by Crippen LogP contribution is -2.50. The fourth-order valence-corrected chi connectivity index (χ4v) is 2.87. The molecule has 12 heteroatoms. The number of sulfone groups is 1. The molecule has 0 saturated heterocycles. The topological polar surface area (TPSA) is 196 Å². The van der Waals surface area contributed by atoms with Crippen molar-refractivity contribution in [2.75, 3.05) is 6.61 Å². The lowest BCUT2D eigenvalue weighted by Gasteiger charge is -2.24. The molecule has 0 radical (unpaired) electrons. The van der Waals surface area contributed by atoms with Crippen LogP contribution in [-0.2, 0) is 14.6 Å². The Morgan fingerprint density at radius 3 is 2.00 bits per heavy atom. The molecule has 0 aromatic heterocycles. The number of nitro groups is 1. The lowest BCUT2D eigenvalue weighted by molar-refractivity contribution is -0.384. The maximum atomic E-state index is 12.0. The zero-order valence-corrected chi connectivity index (χ0v) is 12.8. The van der Waals surface area contributed by atoms with Crippen molar-refractivity contribution >= 4 is 20.6 Å². The van der Waals surface area contributed by atoms with E-state index in [4.69, 9.17) is 10.2 Å². The minimum atomic E-state index is -4.82. The molecule has 0 spiro atoms. The van der Waals surface area contributed by atoms with E-state index in [1.807, 2.05) is 0 Å². The number of rotatable bonds is 7. The Balaban J connectivity index is 3.05. The monoisotopic (exact) mass is 365 g/mol. The molecule has 4 atom stereocenters. The SMILES string of the molecule is O=C([C@H](O)[C@@H](O)[C@H](O)[C@H](O)CO)S(=O)(=O)c1ccc([N+](=O)[O-])cc1. The number of hydrogen-bond donors (Lipinski definition) is 5. The fraction of sp³-hybridized carbons (Fsp3) is 0.417. The van der Waals surface area contributed by atoms with Crippen molar-refractivity contribution in [2.24, 2.45) is 0 Å². The summed E-state index contributed by atoms with van der Waals surface area (Å²) in [4.78, 5) is 20.9. The van der Waals surface area contributed by atoms with Gasteiger partial charge in [-0.3, -0.25) is 14.9 Å². The molecule has 11 nitrogen and oxygen atoms in total. The van der Waals surface area contributed by atoms with E-state index >= 15 is 0 Å². The van der Waals surface area contributed by atoms with Crippen LogP contribution in [0, 0.1) is 10.1 Å². The first kappa shape index (κ1) is 20.1. The van der Waals surface area contributed by atoms with Crippen LogP contribution in [-0.4, -0.2) is 75.0 Å². The van der Waals surface area contributed by atoms with Gasteiger partial charge in [0.15, 0.2) is 6.10 Å². The van der Waals surface area contributed by atoms with E-state index in [1.165, 1.54) is 0 Å². The van der Waals surface area contributed by atoms with Gasteiger partial charge in [-0.05, 0) is 12.1 Å². The summed E-state index contributed by atoms with van der Waals surface area (Å²) in [6.07, 6.45) is -9.08. The van der Waals surface area contributed by atoms with Gasteiger partial charge in [0, 0.05) is 12.1 Å². The quantitative estimate of drug-likeness (QED) is 0.251. The highest BCUT2D eigenvalue weighted by Crippen LogP contribution is 2.19. The van der Waals surface area contributed by atoms with Gasteiger partial charge in [-0.15, -0.1) is 0 Å². The number of carbonyl (C=O) groups excluding carboxylic acids is 1. The molecule has 0 fully saturated rings. The number of aliphatic hydroxyl groups is 5. The largest absolute Gasteiger partial charge is 0.394 e. The minimum Gasteiger partial charge on any atom is -0.394 e. The number of aliphatic hydroxyl groups excluding tert-OH is 5. The molecule has 1 aromatic carbocycles. The lowest BCUT2D eigenvalue weighted by atomic mass is 10.0. The van der Waals surface area contributed by atoms with E-state index < -0.39 is 61.5 Å². The zero-order chi connectivity index (χ0) is 18.7. The summed E-state index contributed by atoms with van der Waals surface area (Å²) in [6.45, 7) is -1.01. The molecule has 0 amide bonds. The van der Waals surface area contributed by atoms with E-state index in [0.717, 1.165) is 24.3 Å². The van der Waals surface area contributed by atoms with Crippen LogP contribution in [0.4, 0.5) is 5.69 Å². The first-order valence-corrected chi connectivity index (χ1v) is 7.88. The van der Waals surface area contributed by atoms with Gasteiger partial charge in [0.25, 0.3) is 10.8 Å². The number of non-ortho nitro benzene ring substituents is 1. The number of nitro benzene ring substituents is 1. The predicted octanol–water partition coefficient (Wildman–Crippen LogP) is -2.67. The molecule has 0 heterocycles. The second-order valence-corrected chi connectivity index (χ2v) is 6.63. The third-order valence-corrected chi connectivity index (χ3v) is 4.78. The summed E-state index contributed by atoms with van der Waals surface area (Å²) >= 11 is 0. The van der Waals surface area contributed by atoms with Crippen molar-refractivity contribution in [2.45, 2.75) is 29.3 Å². The summed E-state index contributed by atoms with van der Waals surface area (Å²) in [7, 11) is -4.82. The average Bonchev–Trinajstić information content (AvgIpc) is 2.58. The normalized spacial score (nSPS) is 16.9. The molecule has 0 aliphatic heterocycles. The Hall–Kier alpha value is -1.96. The van der Waals surface area contributed by atoms with E-state index in [2.05, 4.69) is 0 Å². The third kappa shape index (κ3) is 4.11. The fourth-order valence-electron chi connectivity index (χ4n) is 1.68. The summed E-state index contributed by atoms with van der Waals surface area (Å²) in [5.74, 6) is 0. The van der Waals surface area contributed by atoms with E-state index in [0.29, 0.717) is 0 Å². The Morgan fingerprint density at radius 2 is 1.58 bits per heavy atom. The van der Waals surface area contributed by atoms with Crippen molar-refractivity contribution in [1.29, 1.82) is 0 Å². The van der Waals surface area contributed by atoms with Crippen molar-refractivity contribution in [1.82, 2.24) is 0 Å². The number of carbonyl (C=O) groups is 1. The second kappa shape index (κ2) is 7.74. The Labute approximate surface area is 135 Å². The van der Waals surface area contributed by atoms with Crippen molar-refractivity contribution in [3.05, 3.63) is 34.4 Å². The van der Waals surface area contributed by atoms with Crippen LogP contribution in [0.15, 0.2) is 29.2 Å². The van der Waals surface area contributed by atoms with E-state index in [1.54, 1.807) is 0 Å². The van der Waals surface area contributed by atoms with Crippen LogP contribution in [0.5, 0.6) is 0 Å². The maximum Gasteiger partial charge on any atom is 0.282 e. The molecule has 24 heavy (non-hydrogen) atoms. The second-order valence-electron chi connectivity index (χ2n) is 4.75. The highest BCUT2D eigenvalue weighted by atomic mass is 32.2. The van der Waals surface area contributed by atoms with Crippen LogP contribution in [0.2, 0.25) is 0 Å². The van der Waals surface area contributed by atoms with Gasteiger partial charge in [-0.2, -0.15) is 0 Å². The van der Waals surface area contributed by atoms with Gasteiger partial charge in [0.2, 0.25) is 9.84 Å². The van der Waals surface area contributed by atoms with Crippen LogP contribution >= 0.6 is 0 Å². The van der Waals surface area contributed by atoms with E-state index in [-0.39, 0.29) is 0 Å². The summed E-state index contributed by atoms with van der Waals surface area (Å²) < 4.78 is 24.1. The summed E-state index contributed by atoms with van der Waals surface area (Å²) in [6, 6.07) is 3.19. The molecule has 1 aromatic rings. The molecule has 0 aliphatic carbocycles. The molecule has 1 rings (SSSR count).